The number of carbonyl (C=O) groups excluding carboxylic acids is 1. The van der Waals surface area contributed by atoms with E-state index in [2.05, 4.69) is 5.32 Å². The molecule has 120 valence electrons. The highest BCUT2D eigenvalue weighted by Crippen LogP contribution is 2.55. The second-order valence-corrected chi connectivity index (χ2v) is 8.45. The van der Waals surface area contributed by atoms with E-state index in [0.29, 0.717) is 13.1 Å². The fourth-order valence-electron chi connectivity index (χ4n) is 5.36. The lowest BCUT2D eigenvalue weighted by molar-refractivity contribution is -0.0178. The van der Waals surface area contributed by atoms with Gasteiger partial charge in [-0.05, 0) is 77.0 Å². The van der Waals surface area contributed by atoms with Gasteiger partial charge < -0.3 is 15.3 Å². The van der Waals surface area contributed by atoms with Crippen molar-refractivity contribution < 1.29 is 9.90 Å². The van der Waals surface area contributed by atoms with Gasteiger partial charge in [0.05, 0.1) is 12.1 Å². The minimum atomic E-state index is -0.838. The molecule has 4 nitrogen and oxygen atoms in total. The molecule has 0 aromatic heterocycles. The van der Waals surface area contributed by atoms with Crippen molar-refractivity contribution in [3.63, 3.8) is 0 Å². The number of rotatable bonds is 4. The summed E-state index contributed by atoms with van der Waals surface area (Å²) in [7, 11) is 0. The van der Waals surface area contributed by atoms with E-state index < -0.39 is 5.60 Å². The minimum Gasteiger partial charge on any atom is -0.389 e. The Hall–Kier alpha value is -0.770. The summed E-state index contributed by atoms with van der Waals surface area (Å²) in [6.45, 7) is 6.52. The monoisotopic (exact) mass is 294 g/mol. The zero-order valence-electron chi connectivity index (χ0n) is 13.7. The van der Waals surface area contributed by atoms with Gasteiger partial charge in [0.2, 0.25) is 0 Å². The van der Waals surface area contributed by atoms with Gasteiger partial charge in [-0.15, -0.1) is 0 Å². The molecule has 0 atom stereocenters. The first-order chi connectivity index (χ1) is 9.78. The SMILES string of the molecule is CCN(CC(C)(C)O)C(=O)NC12CC3CC(CC(C3)C1)C2. The maximum absolute atomic E-state index is 12.6. The fourth-order valence-corrected chi connectivity index (χ4v) is 5.36. The van der Waals surface area contributed by atoms with Crippen LogP contribution in [0.15, 0.2) is 0 Å². The van der Waals surface area contributed by atoms with Crippen LogP contribution in [0.5, 0.6) is 0 Å². The van der Waals surface area contributed by atoms with Crippen LogP contribution in [0.1, 0.15) is 59.3 Å². The normalized spacial score (nSPS) is 37.6. The second kappa shape index (κ2) is 5.15. The van der Waals surface area contributed by atoms with E-state index >= 15 is 0 Å². The van der Waals surface area contributed by atoms with Crippen molar-refractivity contribution in [2.45, 2.75) is 70.4 Å². The van der Waals surface area contributed by atoms with Crippen molar-refractivity contribution in [1.82, 2.24) is 10.2 Å². The van der Waals surface area contributed by atoms with Crippen LogP contribution in [-0.2, 0) is 0 Å². The van der Waals surface area contributed by atoms with Gasteiger partial charge in [0, 0.05) is 12.1 Å². The average Bonchev–Trinajstić information content (AvgIpc) is 2.32. The van der Waals surface area contributed by atoms with Crippen LogP contribution in [-0.4, -0.2) is 40.3 Å². The van der Waals surface area contributed by atoms with E-state index in [4.69, 9.17) is 0 Å². The molecular weight excluding hydrogens is 264 g/mol. The third kappa shape index (κ3) is 3.20. The van der Waals surface area contributed by atoms with Crippen molar-refractivity contribution >= 4 is 6.03 Å². The largest absolute Gasteiger partial charge is 0.389 e. The van der Waals surface area contributed by atoms with E-state index in [1.807, 2.05) is 6.92 Å². The smallest absolute Gasteiger partial charge is 0.317 e. The molecular formula is C17H30N2O2. The Morgan fingerprint density at radius 1 is 1.19 bits per heavy atom. The van der Waals surface area contributed by atoms with Gasteiger partial charge >= 0.3 is 6.03 Å². The third-order valence-electron chi connectivity index (χ3n) is 5.66. The van der Waals surface area contributed by atoms with Crippen molar-refractivity contribution in [3.05, 3.63) is 0 Å². The Morgan fingerprint density at radius 2 is 1.67 bits per heavy atom. The molecule has 0 heterocycles. The molecule has 0 aromatic rings. The van der Waals surface area contributed by atoms with E-state index in [1.165, 1.54) is 38.5 Å². The first-order valence-corrected chi connectivity index (χ1v) is 8.58. The molecule has 0 unspecified atom stereocenters. The quantitative estimate of drug-likeness (QED) is 0.837. The summed E-state index contributed by atoms with van der Waals surface area (Å²) in [5.74, 6) is 2.50. The average molecular weight is 294 g/mol. The number of nitrogens with zero attached hydrogens (tertiary/aromatic N) is 1. The van der Waals surface area contributed by atoms with Crippen LogP contribution in [0.3, 0.4) is 0 Å². The molecule has 4 heteroatoms. The molecule has 0 aromatic carbocycles. The number of hydrogen-bond acceptors (Lipinski definition) is 2. The van der Waals surface area contributed by atoms with Crippen LogP contribution in [0.25, 0.3) is 0 Å². The predicted octanol–water partition coefficient (Wildman–Crippen LogP) is 2.76. The maximum Gasteiger partial charge on any atom is 0.317 e. The van der Waals surface area contributed by atoms with Gasteiger partial charge in [-0.1, -0.05) is 0 Å². The van der Waals surface area contributed by atoms with Gasteiger partial charge in [-0.3, -0.25) is 0 Å². The first-order valence-electron chi connectivity index (χ1n) is 8.58. The lowest BCUT2D eigenvalue weighted by Gasteiger charge is -2.57. The zero-order valence-corrected chi connectivity index (χ0v) is 13.7. The number of hydrogen-bond donors (Lipinski definition) is 2. The molecule has 4 saturated carbocycles. The summed E-state index contributed by atoms with van der Waals surface area (Å²) in [5, 5.41) is 13.4. The minimum absolute atomic E-state index is 0.0153. The van der Waals surface area contributed by atoms with Crippen LogP contribution in [0.4, 0.5) is 4.79 Å². The molecule has 2 N–H and O–H groups in total. The Balaban J connectivity index is 1.66. The van der Waals surface area contributed by atoms with E-state index in [9.17, 15) is 9.90 Å². The Labute approximate surface area is 128 Å². The van der Waals surface area contributed by atoms with Gasteiger partial charge in [0.25, 0.3) is 0 Å². The van der Waals surface area contributed by atoms with Crippen LogP contribution in [0, 0.1) is 17.8 Å². The Bertz CT molecular complexity index is 378. The molecule has 2 amide bonds. The molecule has 0 radical (unpaired) electrons. The van der Waals surface area contributed by atoms with Gasteiger partial charge in [-0.25, -0.2) is 4.79 Å². The third-order valence-corrected chi connectivity index (χ3v) is 5.66. The summed E-state index contributed by atoms with van der Waals surface area (Å²) in [4.78, 5) is 14.4. The zero-order chi connectivity index (χ0) is 15.3. The number of carbonyl (C=O) groups is 1. The van der Waals surface area contributed by atoms with Crippen LogP contribution in [0.2, 0.25) is 0 Å². The summed E-state index contributed by atoms with van der Waals surface area (Å²) in [5.41, 5.74) is -0.784. The summed E-state index contributed by atoms with van der Waals surface area (Å²) < 4.78 is 0. The lowest BCUT2D eigenvalue weighted by Crippen LogP contribution is -2.62. The molecule has 4 fully saturated rings. The summed E-state index contributed by atoms with van der Waals surface area (Å²) in [6.07, 6.45) is 7.67. The first kappa shape index (κ1) is 15.1. The molecule has 0 aliphatic heterocycles. The molecule has 4 rings (SSSR count). The van der Waals surface area contributed by atoms with Crippen molar-refractivity contribution in [2.75, 3.05) is 13.1 Å². The van der Waals surface area contributed by atoms with E-state index in [1.54, 1.807) is 18.7 Å². The Kier molecular flexibility index (Phi) is 3.71. The number of likely N-dealkylation sites (N-methyl/N-ethyl adjacent to an activating group) is 1. The van der Waals surface area contributed by atoms with E-state index in [-0.39, 0.29) is 11.6 Å². The standard InChI is InChI=1S/C17H30N2O2/c1-4-19(11-16(2,3)21)15(20)18-17-8-12-5-13(9-17)7-14(6-12)10-17/h12-14,21H,4-11H2,1-3H3,(H,18,20). The molecule has 4 bridgehead atoms. The topological polar surface area (TPSA) is 52.6 Å². The molecule has 0 saturated heterocycles. The molecule has 0 spiro atoms. The Morgan fingerprint density at radius 3 is 2.05 bits per heavy atom. The van der Waals surface area contributed by atoms with E-state index in [0.717, 1.165) is 17.8 Å². The highest BCUT2D eigenvalue weighted by atomic mass is 16.3. The molecule has 4 aliphatic carbocycles. The van der Waals surface area contributed by atoms with Crippen molar-refractivity contribution in [3.8, 4) is 0 Å². The second-order valence-electron chi connectivity index (χ2n) is 8.45. The highest BCUT2D eigenvalue weighted by Gasteiger charge is 2.51. The predicted molar refractivity (Wildman–Crippen MR) is 83.0 cm³/mol. The molecule has 21 heavy (non-hydrogen) atoms. The van der Waals surface area contributed by atoms with Gasteiger partial charge in [0.1, 0.15) is 0 Å². The van der Waals surface area contributed by atoms with Gasteiger partial charge in [0.15, 0.2) is 0 Å². The lowest BCUT2D eigenvalue weighted by atomic mass is 9.53. The number of urea groups is 1. The summed E-state index contributed by atoms with van der Waals surface area (Å²) >= 11 is 0. The number of nitrogens with one attached hydrogen (secondary N) is 1. The van der Waals surface area contributed by atoms with Crippen LogP contribution >= 0.6 is 0 Å². The maximum atomic E-state index is 12.6. The molecule has 4 aliphatic rings. The highest BCUT2D eigenvalue weighted by molar-refractivity contribution is 5.75. The number of amides is 2. The fraction of sp³-hybridized carbons (Fsp3) is 0.941. The van der Waals surface area contributed by atoms with Crippen molar-refractivity contribution in [2.24, 2.45) is 17.8 Å². The van der Waals surface area contributed by atoms with Crippen molar-refractivity contribution in [1.29, 1.82) is 0 Å². The number of aliphatic hydroxyl groups is 1. The summed E-state index contributed by atoms with van der Waals surface area (Å²) in [6, 6.07) is 0.0153. The van der Waals surface area contributed by atoms with Gasteiger partial charge in [-0.2, -0.15) is 0 Å². The van der Waals surface area contributed by atoms with Crippen LogP contribution < -0.4 is 5.32 Å².